The Morgan fingerprint density at radius 2 is 2.21 bits per heavy atom. The summed E-state index contributed by atoms with van der Waals surface area (Å²) in [6.45, 7) is 0. The average molecular weight is 191 g/mol. The SMILES string of the molecule is O=C[C@H]1Cc2cccc([N+](=O)[O-])c2C1. The van der Waals surface area contributed by atoms with Crippen LogP contribution in [0.4, 0.5) is 5.69 Å². The Bertz CT molecular complexity index is 400. The van der Waals surface area contributed by atoms with Crippen LogP contribution in [-0.4, -0.2) is 11.2 Å². The van der Waals surface area contributed by atoms with E-state index in [0.29, 0.717) is 12.8 Å². The van der Waals surface area contributed by atoms with E-state index in [1.165, 1.54) is 6.07 Å². The Morgan fingerprint density at radius 3 is 2.86 bits per heavy atom. The van der Waals surface area contributed by atoms with Gasteiger partial charge in [0.25, 0.3) is 5.69 Å². The molecule has 0 heterocycles. The number of nitrogens with zero attached hydrogens (tertiary/aromatic N) is 1. The number of nitro benzene ring substituents is 1. The normalized spacial score (nSPS) is 19.0. The lowest BCUT2D eigenvalue weighted by Gasteiger charge is -1.98. The van der Waals surface area contributed by atoms with Gasteiger partial charge in [0.1, 0.15) is 6.29 Å². The molecule has 0 aromatic heterocycles. The second-order valence-corrected chi connectivity index (χ2v) is 3.48. The first-order valence-corrected chi connectivity index (χ1v) is 4.43. The summed E-state index contributed by atoms with van der Waals surface area (Å²) in [5.41, 5.74) is 1.82. The summed E-state index contributed by atoms with van der Waals surface area (Å²) < 4.78 is 0. The summed E-state index contributed by atoms with van der Waals surface area (Å²) in [5, 5.41) is 10.7. The molecule has 14 heavy (non-hydrogen) atoms. The molecule has 0 amide bonds. The van der Waals surface area contributed by atoms with Crippen LogP contribution in [-0.2, 0) is 17.6 Å². The highest BCUT2D eigenvalue weighted by Gasteiger charge is 2.27. The third-order valence-electron chi connectivity index (χ3n) is 2.59. The Hall–Kier alpha value is -1.71. The van der Waals surface area contributed by atoms with Gasteiger partial charge in [0.05, 0.1) is 4.92 Å². The van der Waals surface area contributed by atoms with Crippen molar-refractivity contribution < 1.29 is 9.72 Å². The van der Waals surface area contributed by atoms with Gasteiger partial charge in [-0.1, -0.05) is 12.1 Å². The lowest BCUT2D eigenvalue weighted by molar-refractivity contribution is -0.385. The quantitative estimate of drug-likeness (QED) is 0.404. The predicted molar refractivity (Wildman–Crippen MR) is 50.1 cm³/mol. The Balaban J connectivity index is 2.46. The molecule has 1 aliphatic carbocycles. The molecule has 1 atom stereocenters. The van der Waals surface area contributed by atoms with E-state index in [1.807, 2.05) is 6.07 Å². The first-order valence-electron chi connectivity index (χ1n) is 4.43. The minimum Gasteiger partial charge on any atom is -0.303 e. The zero-order chi connectivity index (χ0) is 10.1. The van der Waals surface area contributed by atoms with Crippen LogP contribution < -0.4 is 0 Å². The van der Waals surface area contributed by atoms with Crippen molar-refractivity contribution in [1.82, 2.24) is 0 Å². The number of carbonyl (C=O) groups excluding carboxylic acids is 1. The molecule has 0 saturated heterocycles. The number of hydrogen-bond donors (Lipinski definition) is 0. The summed E-state index contributed by atoms with van der Waals surface area (Å²) >= 11 is 0. The predicted octanol–water partition coefficient (Wildman–Crippen LogP) is 1.51. The monoisotopic (exact) mass is 191 g/mol. The third kappa shape index (κ3) is 1.28. The second kappa shape index (κ2) is 3.21. The van der Waals surface area contributed by atoms with Gasteiger partial charge in [-0.2, -0.15) is 0 Å². The van der Waals surface area contributed by atoms with Crippen LogP contribution >= 0.6 is 0 Å². The molecule has 2 rings (SSSR count). The van der Waals surface area contributed by atoms with Gasteiger partial charge in [0, 0.05) is 17.5 Å². The fraction of sp³-hybridized carbons (Fsp3) is 0.300. The van der Waals surface area contributed by atoms with Crippen molar-refractivity contribution in [2.75, 3.05) is 0 Å². The van der Waals surface area contributed by atoms with Crippen LogP contribution in [0.15, 0.2) is 18.2 Å². The molecule has 4 nitrogen and oxygen atoms in total. The highest BCUT2D eigenvalue weighted by atomic mass is 16.6. The maximum Gasteiger partial charge on any atom is 0.272 e. The fourth-order valence-electron chi connectivity index (χ4n) is 1.93. The van der Waals surface area contributed by atoms with Crippen molar-refractivity contribution in [3.63, 3.8) is 0 Å². The van der Waals surface area contributed by atoms with Crippen LogP contribution in [0.25, 0.3) is 0 Å². The lowest BCUT2D eigenvalue weighted by Crippen LogP contribution is -2.00. The van der Waals surface area contributed by atoms with Crippen LogP contribution in [0.2, 0.25) is 0 Å². The average Bonchev–Trinajstić information content (AvgIpc) is 2.59. The number of nitro groups is 1. The molecular weight excluding hydrogens is 182 g/mol. The molecule has 0 saturated carbocycles. The molecule has 0 radical (unpaired) electrons. The molecule has 0 fully saturated rings. The minimum absolute atomic E-state index is 0.0777. The van der Waals surface area contributed by atoms with E-state index >= 15 is 0 Å². The zero-order valence-electron chi connectivity index (χ0n) is 7.47. The summed E-state index contributed by atoms with van der Waals surface area (Å²) in [5.74, 6) is -0.0777. The van der Waals surface area contributed by atoms with Gasteiger partial charge in [-0.05, 0) is 18.4 Å². The topological polar surface area (TPSA) is 60.2 Å². The first-order chi connectivity index (χ1) is 6.72. The summed E-state index contributed by atoms with van der Waals surface area (Å²) in [4.78, 5) is 20.9. The molecule has 0 aliphatic heterocycles. The molecule has 0 N–H and O–H groups in total. The van der Waals surface area contributed by atoms with Crippen molar-refractivity contribution in [2.45, 2.75) is 12.8 Å². The van der Waals surface area contributed by atoms with Gasteiger partial charge < -0.3 is 4.79 Å². The highest BCUT2D eigenvalue weighted by Crippen LogP contribution is 2.32. The Labute approximate surface area is 80.7 Å². The number of benzene rings is 1. The third-order valence-corrected chi connectivity index (χ3v) is 2.59. The van der Waals surface area contributed by atoms with E-state index in [0.717, 1.165) is 17.4 Å². The highest BCUT2D eigenvalue weighted by molar-refractivity contribution is 5.61. The van der Waals surface area contributed by atoms with Crippen molar-refractivity contribution in [2.24, 2.45) is 5.92 Å². The van der Waals surface area contributed by atoms with Crippen molar-refractivity contribution in [3.8, 4) is 0 Å². The van der Waals surface area contributed by atoms with E-state index < -0.39 is 0 Å². The molecule has 0 bridgehead atoms. The molecule has 0 spiro atoms. The number of aldehydes is 1. The van der Waals surface area contributed by atoms with Gasteiger partial charge in [-0.15, -0.1) is 0 Å². The smallest absolute Gasteiger partial charge is 0.272 e. The zero-order valence-corrected chi connectivity index (χ0v) is 7.47. The fourth-order valence-corrected chi connectivity index (χ4v) is 1.93. The standard InChI is InChI=1S/C10H9NO3/c12-6-7-4-8-2-1-3-10(11(13)14)9(8)5-7/h1-3,6-7H,4-5H2/t7-/m0/s1. The number of rotatable bonds is 2. The Morgan fingerprint density at radius 1 is 1.43 bits per heavy atom. The molecule has 1 aliphatic rings. The number of fused-ring (bicyclic) bond motifs is 1. The summed E-state index contributed by atoms with van der Waals surface area (Å²) in [6, 6.07) is 5.02. The van der Waals surface area contributed by atoms with Crippen molar-refractivity contribution in [1.29, 1.82) is 0 Å². The molecule has 72 valence electrons. The Kier molecular flexibility index (Phi) is 2.04. The van der Waals surface area contributed by atoms with Gasteiger partial charge in [-0.25, -0.2) is 0 Å². The lowest BCUT2D eigenvalue weighted by atomic mass is 10.1. The molecule has 4 heteroatoms. The maximum absolute atomic E-state index is 10.7. The molecule has 0 unspecified atom stereocenters. The number of hydrogen-bond acceptors (Lipinski definition) is 3. The second-order valence-electron chi connectivity index (χ2n) is 3.48. The van der Waals surface area contributed by atoms with Gasteiger partial charge >= 0.3 is 0 Å². The summed E-state index contributed by atoms with van der Waals surface area (Å²) in [6.07, 6.45) is 2.03. The van der Waals surface area contributed by atoms with Gasteiger partial charge in [0.2, 0.25) is 0 Å². The minimum atomic E-state index is -0.383. The van der Waals surface area contributed by atoms with Crippen LogP contribution in [0.1, 0.15) is 11.1 Å². The molecular formula is C10H9NO3. The van der Waals surface area contributed by atoms with Crippen LogP contribution in [0.3, 0.4) is 0 Å². The molecule has 1 aromatic carbocycles. The molecule has 1 aromatic rings. The van der Waals surface area contributed by atoms with E-state index in [4.69, 9.17) is 0 Å². The maximum atomic E-state index is 10.7. The van der Waals surface area contributed by atoms with E-state index in [-0.39, 0.29) is 16.5 Å². The largest absolute Gasteiger partial charge is 0.303 e. The van der Waals surface area contributed by atoms with E-state index in [2.05, 4.69) is 0 Å². The first kappa shape index (κ1) is 8.87. The number of carbonyl (C=O) groups is 1. The van der Waals surface area contributed by atoms with Crippen molar-refractivity contribution >= 4 is 12.0 Å². The van der Waals surface area contributed by atoms with E-state index in [9.17, 15) is 14.9 Å². The van der Waals surface area contributed by atoms with Crippen LogP contribution in [0.5, 0.6) is 0 Å². The van der Waals surface area contributed by atoms with Crippen LogP contribution in [0, 0.1) is 16.0 Å². The van der Waals surface area contributed by atoms with E-state index in [1.54, 1.807) is 6.07 Å². The van der Waals surface area contributed by atoms with Gasteiger partial charge in [-0.3, -0.25) is 10.1 Å². The van der Waals surface area contributed by atoms with Gasteiger partial charge in [0.15, 0.2) is 0 Å². The van der Waals surface area contributed by atoms with Crippen molar-refractivity contribution in [3.05, 3.63) is 39.4 Å². The summed E-state index contributed by atoms with van der Waals surface area (Å²) in [7, 11) is 0.